The molecule has 0 aliphatic carbocycles. The minimum atomic E-state index is -0.522. The van der Waals surface area contributed by atoms with Crippen LogP contribution in [0.15, 0.2) is 16.6 Å². The van der Waals surface area contributed by atoms with Gasteiger partial charge in [0.15, 0.2) is 11.6 Å². The SMILES string of the molecule is COc1c(NC(=O)CC(C)(C)C)ccc(Br)c1F. The lowest BCUT2D eigenvalue weighted by Gasteiger charge is -2.18. The van der Waals surface area contributed by atoms with Crippen LogP contribution in [0.4, 0.5) is 10.1 Å². The highest BCUT2D eigenvalue weighted by molar-refractivity contribution is 9.10. The third-order valence-electron chi connectivity index (χ3n) is 2.22. The molecule has 100 valence electrons. The molecule has 0 unspecified atom stereocenters. The first kappa shape index (κ1) is 15.0. The lowest BCUT2D eigenvalue weighted by atomic mass is 9.92. The standard InChI is InChI=1S/C13H17BrFNO2/c1-13(2,3)7-10(17)16-9-6-5-8(14)11(15)12(9)18-4/h5-6H,7H2,1-4H3,(H,16,17). The molecule has 0 saturated carbocycles. The van der Waals surface area contributed by atoms with Gasteiger partial charge in [-0.05, 0) is 33.5 Å². The Morgan fingerprint density at radius 2 is 2.06 bits per heavy atom. The van der Waals surface area contributed by atoms with Crippen LogP contribution in [-0.4, -0.2) is 13.0 Å². The Morgan fingerprint density at radius 1 is 1.44 bits per heavy atom. The van der Waals surface area contributed by atoms with Crippen LogP contribution in [0.3, 0.4) is 0 Å². The molecule has 5 heteroatoms. The van der Waals surface area contributed by atoms with E-state index in [9.17, 15) is 9.18 Å². The predicted octanol–water partition coefficient (Wildman–Crippen LogP) is 3.97. The van der Waals surface area contributed by atoms with Crippen LogP contribution in [0.5, 0.6) is 5.75 Å². The molecule has 0 saturated heterocycles. The molecule has 1 rings (SSSR count). The molecule has 1 aromatic carbocycles. The van der Waals surface area contributed by atoms with Crippen LogP contribution in [0.2, 0.25) is 0 Å². The van der Waals surface area contributed by atoms with E-state index in [-0.39, 0.29) is 17.1 Å². The lowest BCUT2D eigenvalue weighted by molar-refractivity contribution is -0.117. The number of amides is 1. The maximum atomic E-state index is 13.7. The predicted molar refractivity (Wildman–Crippen MR) is 73.4 cm³/mol. The smallest absolute Gasteiger partial charge is 0.225 e. The molecule has 3 nitrogen and oxygen atoms in total. The minimum absolute atomic E-state index is 0.0339. The highest BCUT2D eigenvalue weighted by Crippen LogP contribution is 2.33. The Morgan fingerprint density at radius 3 is 2.56 bits per heavy atom. The molecule has 18 heavy (non-hydrogen) atoms. The van der Waals surface area contributed by atoms with E-state index in [0.717, 1.165) is 0 Å². The van der Waals surface area contributed by atoms with E-state index < -0.39 is 5.82 Å². The summed E-state index contributed by atoms with van der Waals surface area (Å²) in [7, 11) is 1.37. The van der Waals surface area contributed by atoms with Crippen molar-refractivity contribution in [3.05, 3.63) is 22.4 Å². The van der Waals surface area contributed by atoms with Crippen molar-refractivity contribution in [2.24, 2.45) is 5.41 Å². The second kappa shape index (κ2) is 5.69. The van der Waals surface area contributed by atoms with Crippen LogP contribution in [0.25, 0.3) is 0 Å². The molecular weight excluding hydrogens is 301 g/mol. The Balaban J connectivity index is 2.92. The number of benzene rings is 1. The summed E-state index contributed by atoms with van der Waals surface area (Å²) in [4.78, 5) is 11.8. The number of nitrogens with one attached hydrogen (secondary N) is 1. The van der Waals surface area contributed by atoms with Crippen molar-refractivity contribution in [3.8, 4) is 5.75 Å². The zero-order chi connectivity index (χ0) is 13.9. The summed E-state index contributed by atoms with van der Waals surface area (Å²) < 4.78 is 19.0. The van der Waals surface area contributed by atoms with Crippen LogP contribution in [0, 0.1) is 11.2 Å². The second-order valence-electron chi connectivity index (χ2n) is 5.23. The van der Waals surface area contributed by atoms with Crippen molar-refractivity contribution < 1.29 is 13.9 Å². The van der Waals surface area contributed by atoms with Crippen LogP contribution in [0.1, 0.15) is 27.2 Å². The first-order chi connectivity index (χ1) is 8.24. The van der Waals surface area contributed by atoms with Gasteiger partial charge in [0, 0.05) is 6.42 Å². The van der Waals surface area contributed by atoms with Crippen molar-refractivity contribution in [2.75, 3.05) is 12.4 Å². The van der Waals surface area contributed by atoms with Gasteiger partial charge in [0.05, 0.1) is 17.3 Å². The Kier molecular flexibility index (Phi) is 4.73. The molecular formula is C13H17BrFNO2. The topological polar surface area (TPSA) is 38.3 Å². The number of halogens is 2. The van der Waals surface area contributed by atoms with Gasteiger partial charge in [-0.1, -0.05) is 20.8 Å². The van der Waals surface area contributed by atoms with E-state index in [4.69, 9.17) is 4.74 Å². The fourth-order valence-electron chi connectivity index (χ4n) is 1.51. The minimum Gasteiger partial charge on any atom is -0.492 e. The number of methoxy groups -OCH3 is 1. The normalized spacial score (nSPS) is 11.2. The average Bonchev–Trinajstić information content (AvgIpc) is 2.21. The average molecular weight is 318 g/mol. The van der Waals surface area contributed by atoms with Gasteiger partial charge in [-0.3, -0.25) is 4.79 Å². The molecule has 0 atom stereocenters. The van der Waals surface area contributed by atoms with Crippen molar-refractivity contribution in [1.29, 1.82) is 0 Å². The molecule has 1 N–H and O–H groups in total. The molecule has 0 aliphatic heterocycles. The van der Waals surface area contributed by atoms with E-state index in [0.29, 0.717) is 16.6 Å². The summed E-state index contributed by atoms with van der Waals surface area (Å²) in [6.45, 7) is 5.89. The quantitative estimate of drug-likeness (QED) is 0.916. The number of carbonyl (C=O) groups excluding carboxylic acids is 1. The molecule has 0 fully saturated rings. The number of hydrogen-bond acceptors (Lipinski definition) is 2. The third kappa shape index (κ3) is 3.98. The first-order valence-electron chi connectivity index (χ1n) is 5.56. The summed E-state index contributed by atoms with van der Waals surface area (Å²) in [5.41, 5.74) is 0.220. The molecule has 0 aromatic heterocycles. The Bertz CT molecular complexity index is 455. The van der Waals surface area contributed by atoms with Gasteiger partial charge in [0.2, 0.25) is 5.91 Å². The number of hydrogen-bond donors (Lipinski definition) is 1. The summed E-state index contributed by atoms with van der Waals surface area (Å²) in [5, 5.41) is 2.66. The van der Waals surface area contributed by atoms with Gasteiger partial charge in [-0.25, -0.2) is 4.39 Å². The van der Waals surface area contributed by atoms with Gasteiger partial charge in [0.25, 0.3) is 0 Å². The highest BCUT2D eigenvalue weighted by atomic mass is 79.9. The fourth-order valence-corrected chi connectivity index (χ4v) is 1.82. The number of rotatable bonds is 3. The maximum Gasteiger partial charge on any atom is 0.225 e. The van der Waals surface area contributed by atoms with Crippen molar-refractivity contribution in [2.45, 2.75) is 27.2 Å². The highest BCUT2D eigenvalue weighted by Gasteiger charge is 2.19. The Labute approximate surface area is 115 Å². The van der Waals surface area contributed by atoms with E-state index >= 15 is 0 Å². The molecule has 0 radical (unpaired) electrons. The lowest BCUT2D eigenvalue weighted by Crippen LogP contribution is -2.20. The van der Waals surface area contributed by atoms with E-state index in [2.05, 4.69) is 21.2 Å². The fraction of sp³-hybridized carbons (Fsp3) is 0.462. The maximum absolute atomic E-state index is 13.7. The summed E-state index contributed by atoms with van der Waals surface area (Å²) in [6.07, 6.45) is 0.355. The number of anilines is 1. The molecule has 1 amide bonds. The summed E-state index contributed by atoms with van der Waals surface area (Å²) in [6, 6.07) is 3.14. The number of carbonyl (C=O) groups is 1. The molecule has 0 aliphatic rings. The monoisotopic (exact) mass is 317 g/mol. The van der Waals surface area contributed by atoms with Gasteiger partial charge in [-0.2, -0.15) is 0 Å². The van der Waals surface area contributed by atoms with E-state index in [1.54, 1.807) is 6.07 Å². The Hall–Kier alpha value is -1.10. The first-order valence-corrected chi connectivity index (χ1v) is 6.36. The van der Waals surface area contributed by atoms with Crippen LogP contribution in [-0.2, 0) is 4.79 Å². The van der Waals surface area contributed by atoms with Gasteiger partial charge < -0.3 is 10.1 Å². The van der Waals surface area contributed by atoms with Crippen molar-refractivity contribution in [1.82, 2.24) is 0 Å². The van der Waals surface area contributed by atoms with E-state index in [1.807, 2.05) is 20.8 Å². The molecule has 0 spiro atoms. The molecule has 1 aromatic rings. The van der Waals surface area contributed by atoms with Gasteiger partial charge in [0.1, 0.15) is 0 Å². The third-order valence-corrected chi connectivity index (χ3v) is 2.83. The summed E-state index contributed by atoms with van der Waals surface area (Å²) in [5.74, 6) is -0.653. The van der Waals surface area contributed by atoms with E-state index in [1.165, 1.54) is 13.2 Å². The number of ether oxygens (including phenoxy) is 1. The van der Waals surface area contributed by atoms with Crippen LogP contribution >= 0.6 is 15.9 Å². The van der Waals surface area contributed by atoms with Crippen molar-refractivity contribution in [3.63, 3.8) is 0 Å². The zero-order valence-corrected chi connectivity index (χ0v) is 12.5. The zero-order valence-electron chi connectivity index (χ0n) is 10.9. The second-order valence-corrected chi connectivity index (χ2v) is 6.08. The largest absolute Gasteiger partial charge is 0.492 e. The van der Waals surface area contributed by atoms with Gasteiger partial charge >= 0.3 is 0 Å². The molecule has 0 heterocycles. The van der Waals surface area contributed by atoms with Crippen LogP contribution < -0.4 is 10.1 Å². The van der Waals surface area contributed by atoms with Gasteiger partial charge in [-0.15, -0.1) is 0 Å². The summed E-state index contributed by atoms with van der Waals surface area (Å²) >= 11 is 3.07. The van der Waals surface area contributed by atoms with Crippen molar-refractivity contribution >= 4 is 27.5 Å². The molecule has 0 bridgehead atoms.